The first kappa shape index (κ1) is 19.7. The van der Waals surface area contributed by atoms with Crippen LogP contribution in [0.2, 0.25) is 0 Å². The molecule has 0 spiro atoms. The second-order valence-corrected chi connectivity index (χ2v) is 7.15. The number of aryl methyl sites for hydroxylation is 1. The van der Waals surface area contributed by atoms with Crippen LogP contribution in [0.15, 0.2) is 35.2 Å². The number of hydrogen-bond acceptors (Lipinski definition) is 2. The zero-order valence-electron chi connectivity index (χ0n) is 14.8. The topological polar surface area (TPSA) is 54.4 Å². The standard InChI is InChI=1S/C17H22O3S.Na.H/c1-4-5-7-14-11-17(21(18,19)20)16-10-13(12(2)3)8-6-9-15(14)16;;/h6,8-12H,4-5,7H2,1-3H3,(H,18,19,20);;/q;+1;-1. The Kier molecular flexibility index (Phi) is 7.09. The third kappa shape index (κ3) is 4.33. The largest absolute Gasteiger partial charge is 1.00 e. The average molecular weight is 330 g/mol. The number of unbranched alkanes of at least 4 members (excludes halogenated alkanes) is 1. The Morgan fingerprint density at radius 2 is 1.86 bits per heavy atom. The number of rotatable bonds is 5. The van der Waals surface area contributed by atoms with Gasteiger partial charge in [-0.3, -0.25) is 4.55 Å². The van der Waals surface area contributed by atoms with Gasteiger partial charge in [0.25, 0.3) is 10.1 Å². The predicted octanol–water partition coefficient (Wildman–Crippen LogP) is 1.62. The van der Waals surface area contributed by atoms with Gasteiger partial charge in [-0.1, -0.05) is 45.4 Å². The molecule has 1 N–H and O–H groups in total. The van der Waals surface area contributed by atoms with E-state index >= 15 is 0 Å². The molecule has 2 rings (SSSR count). The molecule has 0 saturated heterocycles. The monoisotopic (exact) mass is 330 g/mol. The number of fused-ring (bicyclic) bond motifs is 1. The molecule has 3 nitrogen and oxygen atoms in total. The Morgan fingerprint density at radius 1 is 1.18 bits per heavy atom. The second kappa shape index (κ2) is 7.93. The molecule has 0 bridgehead atoms. The van der Waals surface area contributed by atoms with E-state index in [4.69, 9.17) is 0 Å². The van der Waals surface area contributed by atoms with Gasteiger partial charge in [-0.25, -0.2) is 0 Å². The van der Waals surface area contributed by atoms with E-state index in [9.17, 15) is 13.0 Å². The Morgan fingerprint density at radius 3 is 2.41 bits per heavy atom. The normalized spacial score (nSPS) is 11.7. The van der Waals surface area contributed by atoms with Crippen LogP contribution < -0.4 is 29.6 Å². The van der Waals surface area contributed by atoms with Gasteiger partial charge in [0.05, 0.1) is 0 Å². The Bertz CT molecular complexity index is 714. The minimum absolute atomic E-state index is 0. The van der Waals surface area contributed by atoms with Crippen molar-refractivity contribution in [1.82, 2.24) is 0 Å². The molecule has 0 radical (unpaired) electrons. The minimum Gasteiger partial charge on any atom is -1.00 e. The quantitative estimate of drug-likeness (QED) is 0.669. The van der Waals surface area contributed by atoms with E-state index in [-0.39, 0.29) is 35.9 Å². The summed E-state index contributed by atoms with van der Waals surface area (Å²) in [6, 6.07) is 9.42. The summed E-state index contributed by atoms with van der Waals surface area (Å²) in [6.07, 6.45) is 2.87. The molecule has 0 aromatic rings. The summed E-state index contributed by atoms with van der Waals surface area (Å²) < 4.78 is 32.9. The minimum atomic E-state index is -4.21. The first-order valence-electron chi connectivity index (χ1n) is 7.37. The first-order valence-corrected chi connectivity index (χ1v) is 8.81. The molecule has 0 aliphatic heterocycles. The molecule has 0 atom stereocenters. The Balaban J connectivity index is 0.00000242. The summed E-state index contributed by atoms with van der Waals surface area (Å²) in [5.74, 6) is 0.295. The average Bonchev–Trinajstić information content (AvgIpc) is 2.59. The van der Waals surface area contributed by atoms with E-state index in [1.165, 1.54) is 0 Å². The van der Waals surface area contributed by atoms with Crippen molar-refractivity contribution >= 4 is 10.1 Å². The summed E-state index contributed by atoms with van der Waals surface area (Å²) >= 11 is 0. The van der Waals surface area contributed by atoms with Crippen LogP contribution in [0.1, 0.15) is 52.1 Å². The zero-order valence-corrected chi connectivity index (χ0v) is 16.6. The van der Waals surface area contributed by atoms with Crippen LogP contribution in [0.4, 0.5) is 0 Å². The van der Waals surface area contributed by atoms with E-state index < -0.39 is 10.1 Å². The summed E-state index contributed by atoms with van der Waals surface area (Å²) in [5.41, 5.74) is 3.59. The summed E-state index contributed by atoms with van der Waals surface area (Å²) in [6.45, 7) is 6.23. The molecule has 0 saturated carbocycles. The van der Waals surface area contributed by atoms with E-state index in [1.807, 2.05) is 24.3 Å². The zero-order chi connectivity index (χ0) is 15.6. The van der Waals surface area contributed by atoms with Crippen LogP contribution >= 0.6 is 0 Å². The maximum absolute atomic E-state index is 11.7. The molecular formula is C17H23NaO3S. The van der Waals surface area contributed by atoms with Crippen molar-refractivity contribution in [2.45, 2.75) is 50.8 Å². The molecule has 5 heteroatoms. The van der Waals surface area contributed by atoms with Gasteiger partial charge in [-0.05, 0) is 47.6 Å². The van der Waals surface area contributed by atoms with Crippen molar-refractivity contribution < 1.29 is 44.0 Å². The molecule has 0 heterocycles. The van der Waals surface area contributed by atoms with E-state index in [1.54, 1.807) is 6.07 Å². The molecule has 0 fully saturated rings. The van der Waals surface area contributed by atoms with Crippen LogP contribution in [-0.2, 0) is 16.5 Å². The maximum Gasteiger partial charge on any atom is 1.00 e. The van der Waals surface area contributed by atoms with Crippen LogP contribution in [0.25, 0.3) is 11.1 Å². The molecule has 22 heavy (non-hydrogen) atoms. The molecule has 0 aromatic heterocycles. The number of hydrogen-bond donors (Lipinski definition) is 1. The molecule has 0 aromatic carbocycles. The fourth-order valence-corrected chi connectivity index (χ4v) is 3.32. The first-order chi connectivity index (χ1) is 9.84. The fraction of sp³-hybridized carbons (Fsp3) is 0.412. The molecule has 116 valence electrons. The van der Waals surface area contributed by atoms with Crippen molar-refractivity contribution in [3.8, 4) is 11.1 Å². The van der Waals surface area contributed by atoms with Gasteiger partial charge in [0.2, 0.25) is 0 Å². The van der Waals surface area contributed by atoms with E-state index in [0.717, 1.165) is 36.0 Å². The summed E-state index contributed by atoms with van der Waals surface area (Å²) in [4.78, 5) is 0.0294. The molecule has 2 aliphatic carbocycles. The van der Waals surface area contributed by atoms with Crippen molar-refractivity contribution in [2.75, 3.05) is 0 Å². The van der Waals surface area contributed by atoms with Crippen LogP contribution in [-0.4, -0.2) is 13.0 Å². The Hall–Kier alpha value is -0.390. The smallest absolute Gasteiger partial charge is 1.00 e. The van der Waals surface area contributed by atoms with Gasteiger partial charge < -0.3 is 1.43 Å². The fourth-order valence-electron chi connectivity index (χ4n) is 2.58. The van der Waals surface area contributed by atoms with Gasteiger partial charge in [0, 0.05) is 5.56 Å². The SMILES string of the molecule is CCCCc1cc(S(=O)(=O)O)c2cc(C(C)C)cccc1-2.[H-].[Na+]. The Labute approximate surface area is 157 Å². The summed E-state index contributed by atoms with van der Waals surface area (Å²) in [5, 5.41) is 0. The molecule has 2 aliphatic rings. The van der Waals surface area contributed by atoms with Crippen molar-refractivity contribution in [2.24, 2.45) is 0 Å². The maximum atomic E-state index is 11.7. The third-order valence-corrected chi connectivity index (χ3v) is 4.71. The van der Waals surface area contributed by atoms with Crippen LogP contribution in [0.3, 0.4) is 0 Å². The molecule has 0 amide bonds. The third-order valence-electron chi connectivity index (χ3n) is 3.81. The van der Waals surface area contributed by atoms with E-state index in [0.29, 0.717) is 11.5 Å². The van der Waals surface area contributed by atoms with Crippen molar-refractivity contribution in [1.29, 1.82) is 0 Å². The molecule has 0 unspecified atom stereocenters. The molecular weight excluding hydrogens is 307 g/mol. The van der Waals surface area contributed by atoms with Gasteiger partial charge in [0.15, 0.2) is 0 Å². The second-order valence-electron chi connectivity index (χ2n) is 5.76. The van der Waals surface area contributed by atoms with Crippen molar-refractivity contribution in [3.63, 3.8) is 0 Å². The van der Waals surface area contributed by atoms with Gasteiger partial charge >= 0.3 is 29.6 Å². The van der Waals surface area contributed by atoms with Gasteiger partial charge in [0.1, 0.15) is 4.90 Å². The summed E-state index contributed by atoms with van der Waals surface area (Å²) in [7, 11) is -4.21. The predicted molar refractivity (Wildman–Crippen MR) is 86.7 cm³/mol. The van der Waals surface area contributed by atoms with Gasteiger partial charge in [-0.2, -0.15) is 8.42 Å². The van der Waals surface area contributed by atoms with E-state index in [2.05, 4.69) is 20.8 Å². The van der Waals surface area contributed by atoms with Gasteiger partial charge in [-0.15, -0.1) is 0 Å². The van der Waals surface area contributed by atoms with Crippen molar-refractivity contribution in [3.05, 3.63) is 41.5 Å². The van der Waals surface area contributed by atoms with Crippen LogP contribution in [0, 0.1) is 0 Å². The van der Waals surface area contributed by atoms with Crippen LogP contribution in [0.5, 0.6) is 0 Å².